The molecule has 1 heterocycles. The predicted molar refractivity (Wildman–Crippen MR) is 90.3 cm³/mol. The van der Waals surface area contributed by atoms with Gasteiger partial charge in [0.25, 0.3) is 0 Å². The van der Waals surface area contributed by atoms with Crippen LogP contribution < -0.4 is 15.4 Å². The summed E-state index contributed by atoms with van der Waals surface area (Å²) in [6.07, 6.45) is 2.33. The van der Waals surface area contributed by atoms with Gasteiger partial charge in [-0.2, -0.15) is 0 Å². The topological polar surface area (TPSA) is 76.4 Å². The summed E-state index contributed by atoms with van der Waals surface area (Å²) >= 11 is 0. The van der Waals surface area contributed by atoms with Gasteiger partial charge in [-0.25, -0.2) is 4.39 Å². The van der Waals surface area contributed by atoms with E-state index in [-0.39, 0.29) is 11.9 Å². The standard InChI is InChI=1S/C16H23FN6O/c1-4-13(24-14-7-5-6-12(17)8-14)9-19-16(18-2)20-10-15-22-21-11-23(15)3/h5-8,11,13H,4,9-10H2,1-3H3,(H2,18,19,20). The first-order valence-electron chi connectivity index (χ1n) is 7.82. The van der Waals surface area contributed by atoms with Gasteiger partial charge >= 0.3 is 0 Å². The zero-order chi connectivity index (χ0) is 17.4. The monoisotopic (exact) mass is 334 g/mol. The van der Waals surface area contributed by atoms with Gasteiger partial charge < -0.3 is 19.9 Å². The second kappa shape index (κ2) is 8.85. The summed E-state index contributed by atoms with van der Waals surface area (Å²) in [6, 6.07) is 6.15. The first-order chi connectivity index (χ1) is 11.6. The Bertz CT molecular complexity index is 672. The summed E-state index contributed by atoms with van der Waals surface area (Å²) < 4.78 is 20.9. The Kier molecular flexibility index (Phi) is 6.53. The van der Waals surface area contributed by atoms with E-state index in [0.29, 0.717) is 24.8 Å². The van der Waals surface area contributed by atoms with Gasteiger partial charge in [-0.1, -0.05) is 13.0 Å². The molecule has 0 aliphatic carbocycles. The van der Waals surface area contributed by atoms with Crippen molar-refractivity contribution in [2.24, 2.45) is 12.0 Å². The van der Waals surface area contributed by atoms with E-state index in [1.165, 1.54) is 12.1 Å². The zero-order valence-electron chi connectivity index (χ0n) is 14.2. The minimum Gasteiger partial charge on any atom is -0.489 e. The summed E-state index contributed by atoms with van der Waals surface area (Å²) in [5.74, 6) is 1.66. The quantitative estimate of drug-likeness (QED) is 0.592. The van der Waals surface area contributed by atoms with Crippen LogP contribution in [0.15, 0.2) is 35.6 Å². The second-order valence-corrected chi connectivity index (χ2v) is 5.27. The molecule has 0 bridgehead atoms. The van der Waals surface area contributed by atoms with E-state index in [4.69, 9.17) is 4.74 Å². The van der Waals surface area contributed by atoms with E-state index in [1.807, 2.05) is 18.5 Å². The molecule has 1 unspecified atom stereocenters. The normalized spacial score (nSPS) is 12.8. The highest BCUT2D eigenvalue weighted by Gasteiger charge is 2.10. The van der Waals surface area contributed by atoms with E-state index in [1.54, 1.807) is 25.5 Å². The number of hydrogen-bond acceptors (Lipinski definition) is 4. The number of hydrogen-bond donors (Lipinski definition) is 2. The Balaban J connectivity index is 1.83. The lowest BCUT2D eigenvalue weighted by atomic mass is 10.2. The largest absolute Gasteiger partial charge is 0.489 e. The summed E-state index contributed by atoms with van der Waals surface area (Å²) in [5, 5.41) is 14.2. The SMILES string of the molecule is CCC(CNC(=NC)NCc1nncn1C)Oc1cccc(F)c1. The Morgan fingerprint density at radius 3 is 2.88 bits per heavy atom. The Morgan fingerprint density at radius 1 is 1.42 bits per heavy atom. The van der Waals surface area contributed by atoms with E-state index < -0.39 is 0 Å². The van der Waals surface area contributed by atoms with Crippen LogP contribution >= 0.6 is 0 Å². The Labute approximate surface area is 141 Å². The number of nitrogens with one attached hydrogen (secondary N) is 2. The maximum atomic E-state index is 13.2. The van der Waals surface area contributed by atoms with Gasteiger partial charge in [0.05, 0.1) is 13.1 Å². The fraction of sp³-hybridized carbons (Fsp3) is 0.438. The predicted octanol–water partition coefficient (Wildman–Crippen LogP) is 1.48. The number of aromatic nitrogens is 3. The number of nitrogens with zero attached hydrogens (tertiary/aromatic N) is 4. The fourth-order valence-corrected chi connectivity index (χ4v) is 2.06. The number of benzene rings is 1. The smallest absolute Gasteiger partial charge is 0.191 e. The number of halogens is 1. The molecule has 0 fully saturated rings. The number of aryl methyl sites for hydroxylation is 1. The van der Waals surface area contributed by atoms with Crippen LogP contribution in [0, 0.1) is 5.82 Å². The van der Waals surface area contributed by atoms with Crippen molar-refractivity contribution >= 4 is 5.96 Å². The zero-order valence-corrected chi connectivity index (χ0v) is 14.2. The van der Waals surface area contributed by atoms with E-state index in [0.717, 1.165) is 12.2 Å². The van der Waals surface area contributed by atoms with E-state index >= 15 is 0 Å². The fourth-order valence-electron chi connectivity index (χ4n) is 2.06. The van der Waals surface area contributed by atoms with Crippen LogP contribution in [0.2, 0.25) is 0 Å². The van der Waals surface area contributed by atoms with Crippen molar-refractivity contribution in [1.82, 2.24) is 25.4 Å². The molecule has 0 aliphatic heterocycles. The summed E-state index contributed by atoms with van der Waals surface area (Å²) in [5.41, 5.74) is 0. The molecule has 2 aromatic rings. The molecule has 0 radical (unpaired) electrons. The molecule has 1 atom stereocenters. The highest BCUT2D eigenvalue weighted by molar-refractivity contribution is 5.79. The molecule has 2 N–H and O–H groups in total. The van der Waals surface area contributed by atoms with Gasteiger partial charge in [-0.3, -0.25) is 4.99 Å². The number of aliphatic imine (C=N–C) groups is 1. The van der Waals surface area contributed by atoms with Gasteiger partial charge in [0.2, 0.25) is 0 Å². The van der Waals surface area contributed by atoms with Crippen LogP contribution in [-0.2, 0) is 13.6 Å². The highest BCUT2D eigenvalue weighted by Crippen LogP contribution is 2.14. The summed E-state index contributed by atoms with van der Waals surface area (Å²) in [6.45, 7) is 3.07. The van der Waals surface area contributed by atoms with Gasteiger partial charge in [0.15, 0.2) is 11.8 Å². The molecular formula is C16H23FN6O. The molecule has 0 saturated heterocycles. The Morgan fingerprint density at radius 2 is 2.25 bits per heavy atom. The lowest BCUT2D eigenvalue weighted by molar-refractivity contribution is 0.198. The average molecular weight is 334 g/mol. The highest BCUT2D eigenvalue weighted by atomic mass is 19.1. The van der Waals surface area contributed by atoms with E-state index in [9.17, 15) is 4.39 Å². The molecule has 7 nitrogen and oxygen atoms in total. The lowest BCUT2D eigenvalue weighted by Gasteiger charge is -2.20. The van der Waals surface area contributed by atoms with Gasteiger partial charge in [0, 0.05) is 20.2 Å². The van der Waals surface area contributed by atoms with Crippen LogP contribution in [0.1, 0.15) is 19.2 Å². The third-order valence-corrected chi connectivity index (χ3v) is 3.49. The first kappa shape index (κ1) is 17.7. The van der Waals surface area contributed by atoms with Gasteiger partial charge in [0.1, 0.15) is 24.0 Å². The maximum absolute atomic E-state index is 13.2. The molecule has 8 heteroatoms. The molecule has 0 spiro atoms. The Hall–Kier alpha value is -2.64. The van der Waals surface area contributed by atoms with Crippen molar-refractivity contribution in [2.75, 3.05) is 13.6 Å². The van der Waals surface area contributed by atoms with Crippen molar-refractivity contribution < 1.29 is 9.13 Å². The summed E-state index contributed by atoms with van der Waals surface area (Å²) in [7, 11) is 3.58. The van der Waals surface area contributed by atoms with Gasteiger partial charge in [-0.05, 0) is 18.6 Å². The van der Waals surface area contributed by atoms with Crippen LogP contribution in [0.25, 0.3) is 0 Å². The average Bonchev–Trinajstić information content (AvgIpc) is 2.99. The molecule has 1 aromatic heterocycles. The van der Waals surface area contributed by atoms with Crippen molar-refractivity contribution in [2.45, 2.75) is 26.0 Å². The molecule has 0 saturated carbocycles. The molecule has 24 heavy (non-hydrogen) atoms. The third-order valence-electron chi connectivity index (χ3n) is 3.49. The minimum atomic E-state index is -0.309. The first-order valence-corrected chi connectivity index (χ1v) is 7.82. The van der Waals surface area contributed by atoms with Crippen molar-refractivity contribution in [1.29, 1.82) is 0 Å². The van der Waals surface area contributed by atoms with Crippen molar-refractivity contribution in [3.05, 3.63) is 42.2 Å². The molecule has 0 aliphatic rings. The van der Waals surface area contributed by atoms with E-state index in [2.05, 4.69) is 25.8 Å². The number of rotatable bonds is 7. The number of ether oxygens (including phenoxy) is 1. The molecule has 0 amide bonds. The molecule has 2 rings (SSSR count). The van der Waals surface area contributed by atoms with Crippen LogP contribution in [0.3, 0.4) is 0 Å². The molecule has 130 valence electrons. The van der Waals surface area contributed by atoms with Crippen molar-refractivity contribution in [3.63, 3.8) is 0 Å². The van der Waals surface area contributed by atoms with Crippen LogP contribution in [0.5, 0.6) is 5.75 Å². The molecular weight excluding hydrogens is 311 g/mol. The van der Waals surface area contributed by atoms with Crippen LogP contribution in [0.4, 0.5) is 4.39 Å². The molecule has 1 aromatic carbocycles. The second-order valence-electron chi connectivity index (χ2n) is 5.27. The third kappa shape index (κ3) is 5.22. The summed E-state index contributed by atoms with van der Waals surface area (Å²) in [4.78, 5) is 4.17. The minimum absolute atomic E-state index is 0.0971. The maximum Gasteiger partial charge on any atom is 0.191 e. The van der Waals surface area contributed by atoms with Crippen LogP contribution in [-0.4, -0.2) is 40.4 Å². The number of guanidine groups is 1. The van der Waals surface area contributed by atoms with Crippen molar-refractivity contribution in [3.8, 4) is 5.75 Å². The lowest BCUT2D eigenvalue weighted by Crippen LogP contribution is -2.42. The van der Waals surface area contributed by atoms with Gasteiger partial charge in [-0.15, -0.1) is 10.2 Å².